The van der Waals surface area contributed by atoms with Crippen molar-refractivity contribution in [2.45, 2.75) is 25.3 Å². The molecule has 0 bridgehead atoms. The van der Waals surface area contributed by atoms with Crippen LogP contribution in [0.4, 0.5) is 4.39 Å². The first-order chi connectivity index (χ1) is 14.0. The average Bonchev–Trinajstić information content (AvgIpc) is 3.39. The number of aromatic carboxylic acids is 1. The number of halogens is 1. The van der Waals surface area contributed by atoms with Crippen molar-refractivity contribution in [2.24, 2.45) is 0 Å². The zero-order valence-electron chi connectivity index (χ0n) is 15.5. The maximum Gasteiger partial charge on any atom is 0.338 e. The standard InChI is InChI=1S/C20H19FN4O4/c21-15-3-1-13(2-4-15)19-23-16(12-29-19)9-18(26)24-7-5-17(6-8-24)25-11-14(10-22-25)20(27)28/h1-4,10-12,17H,5-9H2,(H,27,28). The number of carbonyl (C=O) groups is 2. The minimum absolute atomic E-state index is 0.0471. The molecular formula is C20H19FN4O4. The summed E-state index contributed by atoms with van der Waals surface area (Å²) in [6.07, 6.45) is 5.83. The first-order valence-corrected chi connectivity index (χ1v) is 9.25. The van der Waals surface area contributed by atoms with Gasteiger partial charge in [0.15, 0.2) is 0 Å². The number of carbonyl (C=O) groups excluding carboxylic acids is 1. The summed E-state index contributed by atoms with van der Waals surface area (Å²) in [6, 6.07) is 5.87. The molecule has 0 radical (unpaired) electrons. The van der Waals surface area contributed by atoms with E-state index in [1.165, 1.54) is 30.8 Å². The molecule has 150 valence electrons. The van der Waals surface area contributed by atoms with Crippen LogP contribution in [-0.2, 0) is 11.2 Å². The molecule has 0 atom stereocenters. The van der Waals surface area contributed by atoms with E-state index in [0.717, 1.165) is 0 Å². The fraction of sp³-hybridized carbons (Fsp3) is 0.300. The predicted octanol–water partition coefficient (Wildman–Crippen LogP) is 2.78. The van der Waals surface area contributed by atoms with Crippen molar-refractivity contribution in [1.29, 1.82) is 0 Å². The Balaban J connectivity index is 1.33. The van der Waals surface area contributed by atoms with Crippen LogP contribution >= 0.6 is 0 Å². The number of carboxylic acid groups (broad SMARTS) is 1. The maximum absolute atomic E-state index is 13.0. The smallest absolute Gasteiger partial charge is 0.338 e. The van der Waals surface area contributed by atoms with Gasteiger partial charge < -0.3 is 14.4 Å². The molecule has 1 aromatic carbocycles. The summed E-state index contributed by atoms with van der Waals surface area (Å²) in [5, 5.41) is 13.1. The van der Waals surface area contributed by atoms with Crippen LogP contribution in [-0.4, -0.2) is 49.7 Å². The molecule has 8 nitrogen and oxygen atoms in total. The molecule has 1 aliphatic heterocycles. The lowest BCUT2D eigenvalue weighted by atomic mass is 10.0. The lowest BCUT2D eigenvalue weighted by Crippen LogP contribution is -2.40. The van der Waals surface area contributed by atoms with Gasteiger partial charge in [-0.2, -0.15) is 5.10 Å². The summed E-state index contributed by atoms with van der Waals surface area (Å²) in [7, 11) is 0. The molecule has 3 aromatic rings. The number of rotatable bonds is 5. The molecule has 0 aliphatic carbocycles. The van der Waals surface area contributed by atoms with Crippen molar-refractivity contribution in [1.82, 2.24) is 19.7 Å². The lowest BCUT2D eigenvalue weighted by Gasteiger charge is -2.32. The fourth-order valence-electron chi connectivity index (χ4n) is 3.41. The van der Waals surface area contributed by atoms with E-state index in [9.17, 15) is 14.0 Å². The fourth-order valence-corrected chi connectivity index (χ4v) is 3.41. The molecule has 4 rings (SSSR count). The van der Waals surface area contributed by atoms with Crippen molar-refractivity contribution in [3.05, 3.63) is 60.0 Å². The summed E-state index contributed by atoms with van der Waals surface area (Å²) < 4.78 is 20.1. The molecule has 1 N–H and O–H groups in total. The molecule has 3 heterocycles. The maximum atomic E-state index is 13.0. The van der Waals surface area contributed by atoms with Crippen LogP contribution in [0.2, 0.25) is 0 Å². The highest BCUT2D eigenvalue weighted by Gasteiger charge is 2.25. The number of nitrogens with zero attached hydrogens (tertiary/aromatic N) is 4. The van der Waals surface area contributed by atoms with Gasteiger partial charge in [0.05, 0.1) is 29.9 Å². The Morgan fingerprint density at radius 3 is 2.59 bits per heavy atom. The zero-order chi connectivity index (χ0) is 20.4. The molecule has 1 saturated heterocycles. The van der Waals surface area contributed by atoms with Gasteiger partial charge in [-0.05, 0) is 37.1 Å². The third kappa shape index (κ3) is 4.18. The first kappa shape index (κ1) is 18.9. The summed E-state index contributed by atoms with van der Waals surface area (Å²) in [4.78, 5) is 29.7. The van der Waals surface area contributed by atoms with Crippen LogP contribution < -0.4 is 0 Å². The van der Waals surface area contributed by atoms with Crippen LogP contribution in [0, 0.1) is 5.82 Å². The highest BCUT2D eigenvalue weighted by atomic mass is 19.1. The van der Waals surface area contributed by atoms with Crippen LogP contribution in [0.15, 0.2) is 47.3 Å². The third-order valence-corrected chi connectivity index (χ3v) is 5.02. The predicted molar refractivity (Wildman–Crippen MR) is 99.6 cm³/mol. The van der Waals surface area contributed by atoms with Gasteiger partial charge in [0.2, 0.25) is 11.8 Å². The van der Waals surface area contributed by atoms with Crippen molar-refractivity contribution >= 4 is 11.9 Å². The Hall–Kier alpha value is -3.49. The molecule has 1 fully saturated rings. The normalized spacial score (nSPS) is 14.9. The molecule has 1 amide bonds. The number of piperidine rings is 1. The summed E-state index contributed by atoms with van der Waals surface area (Å²) in [5.41, 5.74) is 1.33. The number of aromatic nitrogens is 3. The van der Waals surface area contributed by atoms with Gasteiger partial charge in [0.25, 0.3) is 0 Å². The topological polar surface area (TPSA) is 101 Å². The number of hydrogen-bond donors (Lipinski definition) is 1. The van der Waals surface area contributed by atoms with E-state index in [2.05, 4.69) is 10.1 Å². The van der Waals surface area contributed by atoms with E-state index in [4.69, 9.17) is 9.52 Å². The minimum Gasteiger partial charge on any atom is -0.478 e. The van der Waals surface area contributed by atoms with E-state index in [1.54, 1.807) is 21.7 Å². The lowest BCUT2D eigenvalue weighted by molar-refractivity contribution is -0.131. The Morgan fingerprint density at radius 2 is 1.93 bits per heavy atom. The minimum atomic E-state index is -1.00. The van der Waals surface area contributed by atoms with Crippen molar-refractivity contribution in [3.63, 3.8) is 0 Å². The van der Waals surface area contributed by atoms with Crippen molar-refractivity contribution in [3.8, 4) is 11.5 Å². The number of oxazole rings is 1. The largest absolute Gasteiger partial charge is 0.478 e. The molecule has 29 heavy (non-hydrogen) atoms. The third-order valence-electron chi connectivity index (χ3n) is 5.02. The monoisotopic (exact) mass is 398 g/mol. The Morgan fingerprint density at radius 1 is 1.21 bits per heavy atom. The number of carboxylic acids is 1. The van der Waals surface area contributed by atoms with Gasteiger partial charge in [-0.3, -0.25) is 9.48 Å². The van der Waals surface area contributed by atoms with Gasteiger partial charge in [0, 0.05) is 24.8 Å². The highest BCUT2D eigenvalue weighted by molar-refractivity contribution is 5.86. The van der Waals surface area contributed by atoms with Crippen LogP contribution in [0.25, 0.3) is 11.5 Å². The summed E-state index contributed by atoms with van der Waals surface area (Å²) in [5.74, 6) is -1.04. The molecule has 0 unspecified atom stereocenters. The van der Waals surface area contributed by atoms with Gasteiger partial charge in [0.1, 0.15) is 12.1 Å². The van der Waals surface area contributed by atoms with Gasteiger partial charge in [-0.15, -0.1) is 0 Å². The average molecular weight is 398 g/mol. The van der Waals surface area contributed by atoms with Crippen molar-refractivity contribution in [2.75, 3.05) is 13.1 Å². The Kier molecular flexibility index (Phi) is 5.11. The molecule has 0 saturated carbocycles. The van der Waals surface area contributed by atoms with E-state index in [1.807, 2.05) is 0 Å². The van der Waals surface area contributed by atoms with Gasteiger partial charge in [-0.25, -0.2) is 14.2 Å². The van der Waals surface area contributed by atoms with E-state index in [-0.39, 0.29) is 29.8 Å². The molecule has 2 aromatic heterocycles. The first-order valence-electron chi connectivity index (χ1n) is 9.25. The molecule has 9 heteroatoms. The number of benzene rings is 1. The summed E-state index contributed by atoms with van der Waals surface area (Å²) in [6.45, 7) is 1.13. The highest BCUT2D eigenvalue weighted by Crippen LogP contribution is 2.23. The van der Waals surface area contributed by atoms with Gasteiger partial charge in [-0.1, -0.05) is 0 Å². The SMILES string of the molecule is O=C(O)c1cnn(C2CCN(C(=O)Cc3coc(-c4ccc(F)cc4)n3)CC2)c1. The second-order valence-corrected chi connectivity index (χ2v) is 6.95. The Labute approximate surface area is 165 Å². The van der Waals surface area contributed by atoms with Crippen molar-refractivity contribution < 1.29 is 23.5 Å². The Bertz CT molecular complexity index is 1020. The molecule has 1 aliphatic rings. The molecule has 0 spiro atoms. The van der Waals surface area contributed by atoms with Crippen LogP contribution in [0.1, 0.15) is 34.9 Å². The van der Waals surface area contributed by atoms with E-state index in [0.29, 0.717) is 43.1 Å². The number of likely N-dealkylation sites (tertiary alicyclic amines) is 1. The molecular weight excluding hydrogens is 379 g/mol. The van der Waals surface area contributed by atoms with Gasteiger partial charge >= 0.3 is 5.97 Å². The quantitative estimate of drug-likeness (QED) is 0.709. The zero-order valence-corrected chi connectivity index (χ0v) is 15.5. The van der Waals surface area contributed by atoms with E-state index < -0.39 is 5.97 Å². The second-order valence-electron chi connectivity index (χ2n) is 6.95. The summed E-state index contributed by atoms with van der Waals surface area (Å²) >= 11 is 0. The number of amides is 1. The van der Waals surface area contributed by atoms with E-state index >= 15 is 0 Å². The van der Waals surface area contributed by atoms with Crippen LogP contribution in [0.3, 0.4) is 0 Å². The number of hydrogen-bond acceptors (Lipinski definition) is 5. The second kappa shape index (κ2) is 7.86. The van der Waals surface area contributed by atoms with Crippen LogP contribution in [0.5, 0.6) is 0 Å².